The van der Waals surface area contributed by atoms with E-state index < -0.39 is 0 Å². The van der Waals surface area contributed by atoms with Crippen molar-refractivity contribution in [2.75, 3.05) is 4.90 Å². The Bertz CT molecular complexity index is 2840. The Morgan fingerprint density at radius 2 is 1.12 bits per heavy atom. The molecule has 0 aliphatic heterocycles. The highest BCUT2D eigenvalue weighted by Gasteiger charge is 2.20. The SMILES string of the molecule is c1cc(-c2ccc3ccccc3c2)cc(N(c2ccc(-c3cccc4c3sc3ccccc34)cc2)c2cccc3oc4ccccc4c23)c1. The highest BCUT2D eigenvalue weighted by atomic mass is 32.1. The van der Waals surface area contributed by atoms with Gasteiger partial charge in [0, 0.05) is 36.9 Å². The molecule has 0 radical (unpaired) electrons. The Kier molecular flexibility index (Phi) is 6.39. The number of fused-ring (bicyclic) bond motifs is 7. The predicted octanol–water partition coefficient (Wildman–Crippen LogP) is 13.9. The monoisotopic (exact) mass is 643 g/mol. The molecule has 2 heterocycles. The topological polar surface area (TPSA) is 16.4 Å². The zero-order chi connectivity index (χ0) is 32.3. The number of para-hydroxylation sites is 1. The van der Waals surface area contributed by atoms with Crippen molar-refractivity contribution in [1.29, 1.82) is 0 Å². The van der Waals surface area contributed by atoms with Crippen LogP contribution in [0.15, 0.2) is 180 Å². The molecule has 2 aromatic heterocycles. The van der Waals surface area contributed by atoms with Gasteiger partial charge < -0.3 is 9.32 Å². The first-order valence-corrected chi connectivity index (χ1v) is 17.4. The van der Waals surface area contributed by atoms with Crippen LogP contribution < -0.4 is 4.90 Å². The normalized spacial score (nSPS) is 11.7. The lowest BCUT2D eigenvalue weighted by atomic mass is 9.99. The van der Waals surface area contributed by atoms with Crippen LogP contribution in [-0.4, -0.2) is 0 Å². The fourth-order valence-corrected chi connectivity index (χ4v) is 8.57. The molecule has 230 valence electrons. The zero-order valence-electron chi connectivity index (χ0n) is 26.5. The first kappa shape index (κ1) is 27.9. The molecule has 0 unspecified atom stereocenters. The summed E-state index contributed by atoms with van der Waals surface area (Å²) >= 11 is 1.87. The van der Waals surface area contributed by atoms with Gasteiger partial charge in [0.2, 0.25) is 0 Å². The molecule has 3 heteroatoms. The van der Waals surface area contributed by atoms with Gasteiger partial charge in [0.05, 0.1) is 11.1 Å². The highest BCUT2D eigenvalue weighted by Crippen LogP contribution is 2.45. The Morgan fingerprint density at radius 1 is 0.429 bits per heavy atom. The van der Waals surface area contributed by atoms with E-state index in [1.165, 1.54) is 53.2 Å². The smallest absolute Gasteiger partial charge is 0.137 e. The maximum atomic E-state index is 6.37. The van der Waals surface area contributed by atoms with Gasteiger partial charge in [0.1, 0.15) is 11.2 Å². The van der Waals surface area contributed by atoms with Crippen LogP contribution in [-0.2, 0) is 0 Å². The van der Waals surface area contributed by atoms with E-state index in [1.54, 1.807) is 0 Å². The average molecular weight is 644 g/mol. The summed E-state index contributed by atoms with van der Waals surface area (Å²) in [5.41, 5.74) is 9.85. The molecule has 0 N–H and O–H groups in total. The van der Waals surface area contributed by atoms with Crippen LogP contribution in [0.2, 0.25) is 0 Å². The summed E-state index contributed by atoms with van der Waals surface area (Å²) in [4.78, 5) is 2.37. The van der Waals surface area contributed by atoms with E-state index in [0.29, 0.717) is 0 Å². The Labute approximate surface area is 287 Å². The summed E-state index contributed by atoms with van der Waals surface area (Å²) < 4.78 is 9.01. The third kappa shape index (κ3) is 4.62. The number of furan rings is 1. The second kappa shape index (κ2) is 11.2. The van der Waals surface area contributed by atoms with E-state index in [-0.39, 0.29) is 0 Å². The van der Waals surface area contributed by atoms with Crippen LogP contribution in [0.4, 0.5) is 17.1 Å². The minimum Gasteiger partial charge on any atom is -0.456 e. The lowest BCUT2D eigenvalue weighted by Gasteiger charge is -2.27. The van der Waals surface area contributed by atoms with Gasteiger partial charge in [-0.05, 0) is 87.6 Å². The third-order valence-corrected chi connectivity index (χ3v) is 10.9. The lowest BCUT2D eigenvalue weighted by Crippen LogP contribution is -2.10. The lowest BCUT2D eigenvalue weighted by molar-refractivity contribution is 0.669. The number of anilines is 3. The maximum absolute atomic E-state index is 6.37. The van der Waals surface area contributed by atoms with Gasteiger partial charge in [-0.15, -0.1) is 11.3 Å². The number of rotatable bonds is 5. The van der Waals surface area contributed by atoms with Crippen LogP contribution >= 0.6 is 11.3 Å². The van der Waals surface area contributed by atoms with Gasteiger partial charge in [-0.2, -0.15) is 0 Å². The summed E-state index contributed by atoms with van der Waals surface area (Å²) in [6.45, 7) is 0. The van der Waals surface area contributed by atoms with Crippen molar-refractivity contribution in [3.05, 3.63) is 176 Å². The summed E-state index contributed by atoms with van der Waals surface area (Å²) in [5.74, 6) is 0. The molecule has 8 aromatic carbocycles. The van der Waals surface area contributed by atoms with Gasteiger partial charge >= 0.3 is 0 Å². The molecular formula is C46H29NOS. The molecule has 10 rings (SSSR count). The number of hydrogen-bond acceptors (Lipinski definition) is 3. The second-order valence-electron chi connectivity index (χ2n) is 12.5. The molecule has 0 aliphatic rings. The quantitative estimate of drug-likeness (QED) is 0.186. The molecule has 0 atom stereocenters. The van der Waals surface area contributed by atoms with Crippen molar-refractivity contribution in [2.45, 2.75) is 0 Å². The minimum absolute atomic E-state index is 0.877. The fraction of sp³-hybridized carbons (Fsp3) is 0. The predicted molar refractivity (Wildman–Crippen MR) is 210 cm³/mol. The van der Waals surface area contributed by atoms with E-state index in [4.69, 9.17) is 4.42 Å². The molecule has 0 saturated heterocycles. The van der Waals surface area contributed by atoms with Crippen molar-refractivity contribution >= 4 is 81.3 Å². The Morgan fingerprint density at radius 3 is 2.04 bits per heavy atom. The molecule has 0 bridgehead atoms. The standard InChI is InChI=1S/C46H29NOS/c1-2-11-32-28-34(23-22-30(32)10-1)33-12-7-13-36(29-33)47(41-18-9-20-43-45(41)40-15-3-5-19-42(40)48-43)35-26-24-31(25-27-35)37-16-8-17-39-38-14-4-6-21-44(38)49-46(37)39/h1-29H. The number of benzene rings is 8. The third-order valence-electron chi connectivity index (χ3n) is 9.65. The van der Waals surface area contributed by atoms with Gasteiger partial charge in [-0.1, -0.05) is 121 Å². The molecule has 0 amide bonds. The molecule has 0 fully saturated rings. The van der Waals surface area contributed by atoms with Crippen LogP contribution in [0, 0.1) is 0 Å². The molecule has 0 aliphatic carbocycles. The molecule has 2 nitrogen and oxygen atoms in total. The summed E-state index contributed by atoms with van der Waals surface area (Å²) in [7, 11) is 0. The highest BCUT2D eigenvalue weighted by molar-refractivity contribution is 7.26. The van der Waals surface area contributed by atoms with E-state index in [2.05, 4.69) is 169 Å². The molecule has 10 aromatic rings. The molecule has 49 heavy (non-hydrogen) atoms. The number of nitrogens with zero attached hydrogens (tertiary/aromatic N) is 1. The van der Waals surface area contributed by atoms with Crippen LogP contribution in [0.1, 0.15) is 0 Å². The van der Waals surface area contributed by atoms with Gasteiger partial charge in [-0.3, -0.25) is 0 Å². The van der Waals surface area contributed by atoms with Crippen molar-refractivity contribution in [3.63, 3.8) is 0 Å². The Balaban J connectivity index is 1.15. The molecular weight excluding hydrogens is 615 g/mol. The van der Waals surface area contributed by atoms with Crippen LogP contribution in [0.3, 0.4) is 0 Å². The van der Waals surface area contributed by atoms with E-state index in [9.17, 15) is 0 Å². The van der Waals surface area contributed by atoms with Crippen molar-refractivity contribution in [1.82, 2.24) is 0 Å². The van der Waals surface area contributed by atoms with Crippen molar-refractivity contribution in [2.24, 2.45) is 0 Å². The minimum atomic E-state index is 0.877. The van der Waals surface area contributed by atoms with Gasteiger partial charge in [-0.25, -0.2) is 0 Å². The van der Waals surface area contributed by atoms with Crippen LogP contribution in [0.25, 0.3) is 75.1 Å². The van der Waals surface area contributed by atoms with E-state index >= 15 is 0 Å². The summed E-state index contributed by atoms with van der Waals surface area (Å²) in [6, 6.07) is 63.2. The first-order valence-electron chi connectivity index (χ1n) is 16.6. The van der Waals surface area contributed by atoms with Crippen LogP contribution in [0.5, 0.6) is 0 Å². The average Bonchev–Trinajstić information content (AvgIpc) is 3.74. The van der Waals surface area contributed by atoms with Crippen molar-refractivity contribution in [3.8, 4) is 22.3 Å². The summed E-state index contributed by atoms with van der Waals surface area (Å²) in [5, 5.41) is 7.33. The van der Waals surface area contributed by atoms with E-state index in [0.717, 1.165) is 39.0 Å². The largest absolute Gasteiger partial charge is 0.456 e. The molecule has 0 spiro atoms. The summed E-state index contributed by atoms with van der Waals surface area (Å²) in [6.07, 6.45) is 0. The van der Waals surface area contributed by atoms with E-state index in [1.807, 2.05) is 23.5 Å². The first-order chi connectivity index (χ1) is 24.3. The Hall–Kier alpha value is -6.16. The number of thiophene rings is 1. The fourth-order valence-electron chi connectivity index (χ4n) is 7.33. The van der Waals surface area contributed by atoms with Gasteiger partial charge in [0.15, 0.2) is 0 Å². The zero-order valence-corrected chi connectivity index (χ0v) is 27.3. The maximum Gasteiger partial charge on any atom is 0.137 e. The molecule has 0 saturated carbocycles. The number of hydrogen-bond donors (Lipinski definition) is 0. The van der Waals surface area contributed by atoms with Gasteiger partial charge in [0.25, 0.3) is 0 Å². The van der Waals surface area contributed by atoms with Crippen molar-refractivity contribution < 1.29 is 4.42 Å². The second-order valence-corrected chi connectivity index (χ2v) is 13.6.